The van der Waals surface area contributed by atoms with Gasteiger partial charge in [0, 0.05) is 43.8 Å². The second kappa shape index (κ2) is 13.8. The molecule has 2 aromatic rings. The van der Waals surface area contributed by atoms with Gasteiger partial charge in [0.2, 0.25) is 27.7 Å². The number of amides is 3. The summed E-state index contributed by atoms with van der Waals surface area (Å²) in [6.45, 7) is 1.50. The van der Waals surface area contributed by atoms with Crippen molar-refractivity contribution < 1.29 is 22.8 Å². The molecule has 0 aromatic heterocycles. The van der Waals surface area contributed by atoms with Gasteiger partial charge in [0.15, 0.2) is 0 Å². The fourth-order valence-corrected chi connectivity index (χ4v) is 6.84. The van der Waals surface area contributed by atoms with Gasteiger partial charge in [-0.15, -0.1) is 0 Å². The molecule has 6 N–H and O–H groups in total. The predicted octanol–water partition coefficient (Wildman–Crippen LogP) is 0.844. The number of sulfonamides is 1. The molecule has 222 valence electrons. The maximum atomic E-state index is 13.8. The first kappa shape index (κ1) is 30.9. The summed E-state index contributed by atoms with van der Waals surface area (Å²) in [6.07, 6.45) is 1.24. The van der Waals surface area contributed by atoms with E-state index in [1.807, 2.05) is 0 Å². The topological polar surface area (TPSA) is 168 Å². The van der Waals surface area contributed by atoms with Crippen molar-refractivity contribution in [1.29, 1.82) is 0 Å². The maximum absolute atomic E-state index is 13.8. The van der Waals surface area contributed by atoms with Crippen molar-refractivity contribution in [2.75, 3.05) is 19.6 Å². The van der Waals surface area contributed by atoms with Gasteiger partial charge in [-0.3, -0.25) is 14.4 Å². The summed E-state index contributed by atoms with van der Waals surface area (Å²) in [6, 6.07) is 11.5. The summed E-state index contributed by atoms with van der Waals surface area (Å²) in [7, 11) is -4.00. The third-order valence-electron chi connectivity index (χ3n) is 7.46. The molecule has 0 unspecified atom stereocenters. The fraction of sp³-hybridized carbons (Fsp3) is 0.464. The van der Waals surface area contributed by atoms with E-state index in [9.17, 15) is 22.8 Å². The van der Waals surface area contributed by atoms with Gasteiger partial charge in [0.25, 0.3) is 0 Å². The number of nitrogens with zero attached hydrogens (tertiary/aromatic N) is 2. The Hall–Kier alpha value is -3.03. The van der Waals surface area contributed by atoms with Crippen molar-refractivity contribution in [1.82, 2.24) is 19.8 Å². The minimum Gasteiger partial charge on any atom is -0.350 e. The molecule has 11 nitrogen and oxygen atoms in total. The minimum absolute atomic E-state index is 0.159. The van der Waals surface area contributed by atoms with Crippen molar-refractivity contribution in [3.05, 3.63) is 70.2 Å². The zero-order chi connectivity index (χ0) is 29.6. The molecule has 0 radical (unpaired) electrons. The lowest BCUT2D eigenvalue weighted by atomic mass is 10.1. The van der Waals surface area contributed by atoms with Crippen LogP contribution in [-0.2, 0) is 43.2 Å². The summed E-state index contributed by atoms with van der Waals surface area (Å²) in [5.74, 6) is -1.70. The van der Waals surface area contributed by atoms with Crippen LogP contribution < -0.4 is 21.5 Å². The van der Waals surface area contributed by atoms with Gasteiger partial charge in [-0.1, -0.05) is 48.0 Å². The molecule has 2 heterocycles. The number of rotatable bonds is 11. The molecule has 3 atom stereocenters. The van der Waals surface area contributed by atoms with E-state index in [0.717, 1.165) is 11.1 Å². The molecule has 2 aromatic carbocycles. The first-order valence-corrected chi connectivity index (χ1v) is 15.7. The number of carbonyl (C=O) groups is 3. The average molecular weight is 605 g/mol. The van der Waals surface area contributed by atoms with Crippen LogP contribution >= 0.6 is 11.6 Å². The summed E-state index contributed by atoms with van der Waals surface area (Å²) in [4.78, 5) is 43.1. The number of halogens is 1. The standard InChI is InChI=1S/C28H37ClN6O5S/c29-22-9-8-20(15-30)21(13-22)16-32-27(37)25-7-4-11-35(25)28(38)24(14-26(36)34-12-10-23(31)17-34)33-41(39,40)18-19-5-2-1-3-6-19/h1-3,5-6,8-9,13,23-25,33H,4,7,10-12,14-18,30-31H2,(H,32,37)/t23-,24-,25+/m1/s1. The molecular formula is C28H37ClN6O5S. The van der Waals surface area contributed by atoms with E-state index in [1.165, 1.54) is 4.90 Å². The average Bonchev–Trinajstić information content (AvgIpc) is 3.61. The zero-order valence-electron chi connectivity index (χ0n) is 22.8. The molecule has 13 heteroatoms. The highest BCUT2D eigenvalue weighted by molar-refractivity contribution is 7.88. The Morgan fingerprint density at radius 2 is 1.80 bits per heavy atom. The van der Waals surface area contributed by atoms with Crippen LogP contribution in [0.25, 0.3) is 0 Å². The van der Waals surface area contributed by atoms with E-state index >= 15 is 0 Å². The van der Waals surface area contributed by atoms with E-state index in [4.69, 9.17) is 23.1 Å². The molecular weight excluding hydrogens is 568 g/mol. The van der Waals surface area contributed by atoms with Gasteiger partial charge < -0.3 is 26.6 Å². The molecule has 3 amide bonds. The Bertz CT molecular complexity index is 1360. The van der Waals surface area contributed by atoms with Gasteiger partial charge in [0.05, 0.1) is 12.2 Å². The number of hydrogen-bond donors (Lipinski definition) is 4. The lowest BCUT2D eigenvalue weighted by Gasteiger charge is -2.29. The van der Waals surface area contributed by atoms with Crippen LogP contribution in [0.5, 0.6) is 0 Å². The number of carbonyl (C=O) groups excluding carboxylic acids is 3. The van der Waals surface area contributed by atoms with Gasteiger partial charge in [-0.25, -0.2) is 13.1 Å². The van der Waals surface area contributed by atoms with Crippen LogP contribution in [0.3, 0.4) is 0 Å². The zero-order valence-corrected chi connectivity index (χ0v) is 24.4. The molecule has 0 bridgehead atoms. The van der Waals surface area contributed by atoms with Crippen molar-refractivity contribution in [2.45, 2.75) is 62.7 Å². The Morgan fingerprint density at radius 1 is 1.05 bits per heavy atom. The number of benzene rings is 2. The molecule has 2 aliphatic heterocycles. The van der Waals surface area contributed by atoms with Crippen LogP contribution in [0.2, 0.25) is 5.02 Å². The third-order valence-corrected chi connectivity index (χ3v) is 9.05. The van der Waals surface area contributed by atoms with Crippen molar-refractivity contribution in [2.24, 2.45) is 11.5 Å². The first-order chi connectivity index (χ1) is 19.6. The van der Waals surface area contributed by atoms with Crippen LogP contribution in [0.4, 0.5) is 0 Å². The summed E-state index contributed by atoms with van der Waals surface area (Å²) >= 11 is 6.12. The van der Waals surface area contributed by atoms with Gasteiger partial charge in [-0.05, 0) is 48.1 Å². The molecule has 0 spiro atoms. The number of nitrogens with two attached hydrogens (primary N) is 2. The summed E-state index contributed by atoms with van der Waals surface area (Å²) in [5, 5.41) is 3.38. The monoisotopic (exact) mass is 604 g/mol. The van der Waals surface area contributed by atoms with Gasteiger partial charge in [-0.2, -0.15) is 0 Å². The molecule has 0 aliphatic carbocycles. The number of hydrogen-bond acceptors (Lipinski definition) is 7. The lowest BCUT2D eigenvalue weighted by molar-refractivity contribution is -0.142. The van der Waals surface area contributed by atoms with Crippen LogP contribution in [0.15, 0.2) is 48.5 Å². The Morgan fingerprint density at radius 3 is 2.49 bits per heavy atom. The van der Waals surface area contributed by atoms with E-state index in [1.54, 1.807) is 53.4 Å². The van der Waals surface area contributed by atoms with E-state index in [0.29, 0.717) is 42.9 Å². The summed E-state index contributed by atoms with van der Waals surface area (Å²) < 4.78 is 28.7. The molecule has 2 saturated heterocycles. The van der Waals surface area contributed by atoms with Gasteiger partial charge in [0.1, 0.15) is 12.1 Å². The molecule has 2 aliphatic rings. The highest BCUT2D eigenvalue weighted by atomic mass is 35.5. The molecule has 4 rings (SSSR count). The highest BCUT2D eigenvalue weighted by Gasteiger charge is 2.40. The first-order valence-electron chi connectivity index (χ1n) is 13.7. The number of nitrogens with one attached hydrogen (secondary N) is 2. The van der Waals surface area contributed by atoms with Crippen molar-refractivity contribution in [3.63, 3.8) is 0 Å². The molecule has 41 heavy (non-hydrogen) atoms. The summed E-state index contributed by atoms with van der Waals surface area (Å²) in [5.41, 5.74) is 13.9. The quantitative estimate of drug-likeness (QED) is 0.295. The second-order valence-electron chi connectivity index (χ2n) is 10.5. The third kappa shape index (κ3) is 8.26. The van der Waals surface area contributed by atoms with Crippen LogP contribution in [-0.4, -0.2) is 73.7 Å². The highest BCUT2D eigenvalue weighted by Crippen LogP contribution is 2.22. The lowest BCUT2D eigenvalue weighted by Crippen LogP contribution is -2.54. The van der Waals surface area contributed by atoms with Gasteiger partial charge >= 0.3 is 0 Å². The maximum Gasteiger partial charge on any atom is 0.243 e. The van der Waals surface area contributed by atoms with Crippen molar-refractivity contribution >= 4 is 39.3 Å². The number of likely N-dealkylation sites (tertiary alicyclic amines) is 2. The largest absolute Gasteiger partial charge is 0.350 e. The van der Waals surface area contributed by atoms with E-state index in [2.05, 4.69) is 10.0 Å². The van der Waals surface area contributed by atoms with E-state index < -0.39 is 28.0 Å². The van der Waals surface area contributed by atoms with Crippen LogP contribution in [0.1, 0.15) is 42.4 Å². The minimum atomic E-state index is -4.00. The predicted molar refractivity (Wildman–Crippen MR) is 156 cm³/mol. The fourth-order valence-electron chi connectivity index (χ4n) is 5.31. The van der Waals surface area contributed by atoms with Crippen LogP contribution in [0, 0.1) is 0 Å². The Labute approximate surface area is 245 Å². The molecule has 2 fully saturated rings. The SMILES string of the molecule is NCc1ccc(Cl)cc1CNC(=O)[C@@H]1CCCN1C(=O)[C@@H](CC(=O)N1CC[C@@H](N)C1)NS(=O)(=O)Cc1ccccc1. The Kier molecular flexibility index (Phi) is 10.4. The smallest absolute Gasteiger partial charge is 0.243 e. The van der Waals surface area contributed by atoms with Crippen molar-refractivity contribution in [3.8, 4) is 0 Å². The van der Waals surface area contributed by atoms with E-state index in [-0.39, 0.29) is 49.7 Å². The second-order valence-corrected chi connectivity index (χ2v) is 12.7. The normalized spacial score (nSPS) is 19.8. The Balaban J connectivity index is 1.49. The molecule has 0 saturated carbocycles.